The Morgan fingerprint density at radius 1 is 1.00 bits per heavy atom. The van der Waals surface area contributed by atoms with Gasteiger partial charge in [0, 0.05) is 48.0 Å². The smallest absolute Gasteiger partial charge is 0.254 e. The van der Waals surface area contributed by atoms with Gasteiger partial charge in [-0.1, -0.05) is 17.7 Å². The summed E-state index contributed by atoms with van der Waals surface area (Å²) in [6, 6.07) is 12.9. The summed E-state index contributed by atoms with van der Waals surface area (Å²) in [6.07, 6.45) is 9.21. The van der Waals surface area contributed by atoms with E-state index >= 15 is 0 Å². The molecule has 1 aliphatic heterocycles. The van der Waals surface area contributed by atoms with Crippen LogP contribution in [0.4, 0.5) is 0 Å². The number of carbonyl (C=O) groups is 1. The quantitative estimate of drug-likeness (QED) is 0.404. The Hall–Kier alpha value is -4.20. The molecule has 1 aromatic carbocycles. The Bertz CT molecular complexity index is 1330. The van der Waals surface area contributed by atoms with Crippen LogP contribution in [0.25, 0.3) is 11.3 Å². The predicted molar refractivity (Wildman–Crippen MR) is 131 cm³/mol. The van der Waals surface area contributed by atoms with Gasteiger partial charge in [-0.25, -0.2) is 15.0 Å². The van der Waals surface area contributed by atoms with E-state index < -0.39 is 0 Å². The molecule has 8 heteroatoms. The third kappa shape index (κ3) is 5.16. The minimum atomic E-state index is -0.229. The molecule has 176 valence electrons. The van der Waals surface area contributed by atoms with Crippen molar-refractivity contribution in [1.29, 1.82) is 0 Å². The van der Waals surface area contributed by atoms with Crippen molar-refractivity contribution >= 4 is 5.91 Å². The van der Waals surface area contributed by atoms with Gasteiger partial charge in [0.15, 0.2) is 5.82 Å². The number of aromatic nitrogens is 5. The third-order valence-electron chi connectivity index (χ3n) is 6.02. The Labute approximate surface area is 204 Å². The zero-order valence-electron chi connectivity index (χ0n) is 19.8. The van der Waals surface area contributed by atoms with Gasteiger partial charge in [-0.3, -0.25) is 9.78 Å². The van der Waals surface area contributed by atoms with Crippen LogP contribution in [0.5, 0.6) is 11.6 Å². The summed E-state index contributed by atoms with van der Waals surface area (Å²) in [5, 5.41) is 0. The zero-order chi connectivity index (χ0) is 24.2. The van der Waals surface area contributed by atoms with Gasteiger partial charge in [-0.2, -0.15) is 4.98 Å². The Kier molecular flexibility index (Phi) is 6.43. The van der Waals surface area contributed by atoms with Crippen molar-refractivity contribution in [2.75, 3.05) is 6.54 Å². The molecule has 1 saturated heterocycles. The monoisotopic (exact) mass is 466 g/mol. The second-order valence-electron chi connectivity index (χ2n) is 8.69. The first kappa shape index (κ1) is 22.6. The molecule has 1 fully saturated rings. The molecular weight excluding hydrogens is 440 g/mol. The molecule has 1 unspecified atom stereocenters. The largest absolute Gasteiger partial charge is 0.439 e. The lowest BCUT2D eigenvalue weighted by Gasteiger charge is -2.35. The van der Waals surface area contributed by atoms with E-state index in [-0.39, 0.29) is 11.9 Å². The van der Waals surface area contributed by atoms with Crippen LogP contribution in [0, 0.1) is 13.8 Å². The molecule has 5 rings (SSSR count). The van der Waals surface area contributed by atoms with E-state index in [4.69, 9.17) is 14.7 Å². The molecule has 0 aliphatic carbocycles. The second kappa shape index (κ2) is 9.97. The van der Waals surface area contributed by atoms with E-state index in [0.717, 1.165) is 36.1 Å². The summed E-state index contributed by atoms with van der Waals surface area (Å²) >= 11 is 0. The van der Waals surface area contributed by atoms with E-state index in [9.17, 15) is 4.79 Å². The second-order valence-corrected chi connectivity index (χ2v) is 8.69. The van der Waals surface area contributed by atoms with Crippen LogP contribution in [0.3, 0.4) is 0 Å². The number of amides is 1. The lowest BCUT2D eigenvalue weighted by atomic mass is 9.99. The highest BCUT2D eigenvalue weighted by Gasteiger charge is 2.31. The van der Waals surface area contributed by atoms with E-state index in [2.05, 4.69) is 15.0 Å². The standard InChI is InChI=1S/C27H26N6O2/c1-18-6-8-22(9-7-18)35-25-13-19(2)31-26(32-25)24-5-3-4-12-33(24)27(34)20-10-11-30-23(14-20)21-15-28-17-29-16-21/h6-11,13-17,24H,3-5,12H2,1-2H3. The summed E-state index contributed by atoms with van der Waals surface area (Å²) in [5.41, 5.74) is 3.94. The molecule has 0 spiro atoms. The van der Waals surface area contributed by atoms with Crippen molar-refractivity contribution in [3.8, 4) is 22.9 Å². The van der Waals surface area contributed by atoms with Crippen molar-refractivity contribution in [1.82, 2.24) is 29.8 Å². The molecule has 0 N–H and O–H groups in total. The van der Waals surface area contributed by atoms with Crippen LogP contribution in [0.15, 0.2) is 67.4 Å². The first-order chi connectivity index (χ1) is 17.1. The normalized spacial score (nSPS) is 15.6. The number of carbonyl (C=O) groups excluding carboxylic acids is 1. The van der Waals surface area contributed by atoms with E-state index in [1.165, 1.54) is 6.33 Å². The summed E-state index contributed by atoms with van der Waals surface area (Å²) in [5.74, 6) is 1.72. The Morgan fingerprint density at radius 3 is 2.60 bits per heavy atom. The number of piperidine rings is 1. The van der Waals surface area contributed by atoms with E-state index in [0.29, 0.717) is 35.3 Å². The van der Waals surface area contributed by atoms with E-state index in [1.54, 1.807) is 30.7 Å². The number of benzene rings is 1. The molecule has 4 aromatic rings. The van der Waals surface area contributed by atoms with Crippen LogP contribution in [0.1, 0.15) is 52.7 Å². The van der Waals surface area contributed by atoms with Gasteiger partial charge in [0.25, 0.3) is 5.91 Å². The molecule has 0 saturated carbocycles. The molecule has 8 nitrogen and oxygen atoms in total. The molecule has 3 aromatic heterocycles. The van der Waals surface area contributed by atoms with Crippen LogP contribution in [-0.4, -0.2) is 42.3 Å². The van der Waals surface area contributed by atoms with Crippen molar-refractivity contribution < 1.29 is 9.53 Å². The minimum absolute atomic E-state index is 0.0682. The molecule has 0 bridgehead atoms. The fourth-order valence-corrected chi connectivity index (χ4v) is 4.25. The SMILES string of the molecule is Cc1ccc(Oc2cc(C)nc(C3CCCCN3C(=O)c3ccnc(-c4cncnc4)c3)n2)cc1. The van der Waals surface area contributed by atoms with Crippen molar-refractivity contribution in [2.45, 2.75) is 39.2 Å². The fourth-order valence-electron chi connectivity index (χ4n) is 4.25. The van der Waals surface area contributed by atoms with Gasteiger partial charge in [0.1, 0.15) is 12.1 Å². The molecular formula is C27H26N6O2. The average Bonchev–Trinajstić information content (AvgIpc) is 2.90. The molecule has 0 radical (unpaired) electrons. The maximum atomic E-state index is 13.6. The number of aryl methyl sites for hydroxylation is 2. The number of rotatable bonds is 5. The number of ether oxygens (including phenoxy) is 1. The number of nitrogens with zero attached hydrogens (tertiary/aromatic N) is 6. The van der Waals surface area contributed by atoms with Gasteiger partial charge in [0.2, 0.25) is 5.88 Å². The van der Waals surface area contributed by atoms with Gasteiger partial charge in [-0.05, 0) is 57.4 Å². The van der Waals surface area contributed by atoms with Crippen molar-refractivity contribution in [2.24, 2.45) is 0 Å². The first-order valence-electron chi connectivity index (χ1n) is 11.7. The van der Waals surface area contributed by atoms with Gasteiger partial charge >= 0.3 is 0 Å². The van der Waals surface area contributed by atoms with E-state index in [1.807, 2.05) is 49.1 Å². The highest BCUT2D eigenvalue weighted by molar-refractivity contribution is 5.95. The Balaban J connectivity index is 1.42. The third-order valence-corrected chi connectivity index (χ3v) is 6.02. The fraction of sp³-hybridized carbons (Fsp3) is 0.259. The van der Waals surface area contributed by atoms with Gasteiger partial charge < -0.3 is 9.64 Å². The van der Waals surface area contributed by atoms with Crippen LogP contribution in [0.2, 0.25) is 0 Å². The minimum Gasteiger partial charge on any atom is -0.439 e. The number of likely N-dealkylation sites (tertiary alicyclic amines) is 1. The lowest BCUT2D eigenvalue weighted by Crippen LogP contribution is -2.39. The average molecular weight is 467 g/mol. The first-order valence-corrected chi connectivity index (χ1v) is 11.7. The topological polar surface area (TPSA) is 94.0 Å². The highest BCUT2D eigenvalue weighted by Crippen LogP contribution is 2.32. The predicted octanol–water partition coefficient (Wildman–Crippen LogP) is 5.11. The van der Waals surface area contributed by atoms with Crippen molar-refractivity contribution in [3.05, 3.63) is 90.0 Å². The highest BCUT2D eigenvalue weighted by atomic mass is 16.5. The molecule has 1 atom stereocenters. The summed E-state index contributed by atoms with van der Waals surface area (Å²) in [6.45, 7) is 4.59. The summed E-state index contributed by atoms with van der Waals surface area (Å²) in [4.78, 5) is 37.4. The van der Waals surface area contributed by atoms with Gasteiger partial charge in [0.05, 0.1) is 11.7 Å². The van der Waals surface area contributed by atoms with Crippen LogP contribution >= 0.6 is 0 Å². The Morgan fingerprint density at radius 2 is 1.80 bits per heavy atom. The number of hydrogen-bond acceptors (Lipinski definition) is 7. The van der Waals surface area contributed by atoms with Crippen LogP contribution < -0.4 is 4.74 Å². The van der Waals surface area contributed by atoms with Crippen LogP contribution in [-0.2, 0) is 0 Å². The number of hydrogen-bond donors (Lipinski definition) is 0. The number of pyridine rings is 1. The lowest BCUT2D eigenvalue weighted by molar-refractivity contribution is 0.0598. The van der Waals surface area contributed by atoms with Gasteiger partial charge in [-0.15, -0.1) is 0 Å². The molecule has 4 heterocycles. The summed E-state index contributed by atoms with van der Waals surface area (Å²) < 4.78 is 6.02. The molecule has 35 heavy (non-hydrogen) atoms. The molecule has 1 amide bonds. The van der Waals surface area contributed by atoms with Crippen molar-refractivity contribution in [3.63, 3.8) is 0 Å². The maximum absolute atomic E-state index is 13.6. The molecule has 1 aliphatic rings. The maximum Gasteiger partial charge on any atom is 0.254 e. The zero-order valence-corrected chi connectivity index (χ0v) is 19.8. The summed E-state index contributed by atoms with van der Waals surface area (Å²) in [7, 11) is 0.